The second-order valence-corrected chi connectivity index (χ2v) is 5.93. The van der Waals surface area contributed by atoms with Gasteiger partial charge in [0, 0.05) is 19.6 Å². The second kappa shape index (κ2) is 4.89. The van der Waals surface area contributed by atoms with Gasteiger partial charge in [0.25, 0.3) is 0 Å². The van der Waals surface area contributed by atoms with Crippen LogP contribution in [0.5, 0.6) is 0 Å². The second-order valence-electron chi connectivity index (χ2n) is 5.15. The Bertz CT molecular complexity index is 554. The summed E-state index contributed by atoms with van der Waals surface area (Å²) in [5.41, 5.74) is 9.51. The lowest BCUT2D eigenvalue weighted by Crippen LogP contribution is -2.27. The SMILES string of the molecule is CCc1nn(C)c(N(Cc2ccsc2)C2CC2)c1N. The molecule has 0 aromatic carbocycles. The van der Waals surface area contributed by atoms with E-state index in [2.05, 4.69) is 33.7 Å². The standard InChI is InChI=1S/C14H20N4S/c1-3-12-13(15)14(17(2)16-12)18(11-4-5-11)8-10-6-7-19-9-10/h6-7,9,11H,3-5,8,15H2,1-2H3. The quantitative estimate of drug-likeness (QED) is 0.913. The zero-order chi connectivity index (χ0) is 13.4. The lowest BCUT2D eigenvalue weighted by molar-refractivity contribution is 0.689. The van der Waals surface area contributed by atoms with Gasteiger partial charge in [0.15, 0.2) is 5.82 Å². The van der Waals surface area contributed by atoms with E-state index in [1.165, 1.54) is 18.4 Å². The Hall–Kier alpha value is -1.49. The maximum absolute atomic E-state index is 6.29. The van der Waals surface area contributed by atoms with Crippen LogP contribution >= 0.6 is 11.3 Å². The van der Waals surface area contributed by atoms with Crippen LogP contribution in [-0.4, -0.2) is 15.8 Å². The highest BCUT2D eigenvalue weighted by Crippen LogP contribution is 2.37. The molecule has 0 bridgehead atoms. The van der Waals surface area contributed by atoms with E-state index in [9.17, 15) is 0 Å². The molecule has 3 rings (SSSR count). The maximum atomic E-state index is 6.29. The Morgan fingerprint density at radius 1 is 1.53 bits per heavy atom. The Kier molecular flexibility index (Phi) is 3.22. The highest BCUT2D eigenvalue weighted by Gasteiger charge is 2.33. The van der Waals surface area contributed by atoms with Crippen molar-refractivity contribution in [3.8, 4) is 0 Å². The van der Waals surface area contributed by atoms with E-state index in [4.69, 9.17) is 5.73 Å². The van der Waals surface area contributed by atoms with E-state index in [0.29, 0.717) is 6.04 Å². The molecule has 2 aromatic rings. The van der Waals surface area contributed by atoms with Crippen molar-refractivity contribution in [2.24, 2.45) is 7.05 Å². The van der Waals surface area contributed by atoms with Crippen molar-refractivity contribution in [3.63, 3.8) is 0 Å². The Labute approximate surface area is 117 Å². The summed E-state index contributed by atoms with van der Waals surface area (Å²) in [4.78, 5) is 2.42. The summed E-state index contributed by atoms with van der Waals surface area (Å²) in [6.07, 6.45) is 3.41. The van der Waals surface area contributed by atoms with Crippen molar-refractivity contribution in [1.29, 1.82) is 0 Å². The molecule has 1 fully saturated rings. The van der Waals surface area contributed by atoms with Crippen LogP contribution in [0.4, 0.5) is 11.5 Å². The molecule has 0 aliphatic heterocycles. The predicted molar refractivity (Wildman–Crippen MR) is 80.5 cm³/mol. The molecular weight excluding hydrogens is 256 g/mol. The van der Waals surface area contributed by atoms with Gasteiger partial charge in [0.2, 0.25) is 0 Å². The van der Waals surface area contributed by atoms with Crippen LogP contribution in [0.15, 0.2) is 16.8 Å². The van der Waals surface area contributed by atoms with Crippen molar-refractivity contribution in [1.82, 2.24) is 9.78 Å². The molecule has 4 nitrogen and oxygen atoms in total. The van der Waals surface area contributed by atoms with Gasteiger partial charge >= 0.3 is 0 Å². The fourth-order valence-corrected chi connectivity index (χ4v) is 3.19. The van der Waals surface area contributed by atoms with Gasteiger partial charge in [-0.15, -0.1) is 0 Å². The summed E-state index contributed by atoms with van der Waals surface area (Å²) in [7, 11) is 1.99. The van der Waals surface area contributed by atoms with Crippen molar-refractivity contribution in [3.05, 3.63) is 28.1 Å². The fraction of sp³-hybridized carbons (Fsp3) is 0.500. The number of rotatable bonds is 5. The average Bonchev–Trinajstić information content (AvgIpc) is 3.04. The summed E-state index contributed by atoms with van der Waals surface area (Å²) in [6.45, 7) is 3.03. The summed E-state index contributed by atoms with van der Waals surface area (Å²) >= 11 is 1.75. The lowest BCUT2D eigenvalue weighted by atomic mass is 10.2. The minimum atomic E-state index is 0.627. The van der Waals surface area contributed by atoms with Crippen LogP contribution in [0.25, 0.3) is 0 Å². The molecule has 1 aliphatic carbocycles. The van der Waals surface area contributed by atoms with Crippen molar-refractivity contribution >= 4 is 22.8 Å². The minimum absolute atomic E-state index is 0.627. The van der Waals surface area contributed by atoms with E-state index in [0.717, 1.165) is 30.2 Å². The van der Waals surface area contributed by atoms with Gasteiger partial charge in [-0.3, -0.25) is 4.68 Å². The van der Waals surface area contributed by atoms with E-state index in [-0.39, 0.29) is 0 Å². The van der Waals surface area contributed by atoms with Gasteiger partial charge in [-0.25, -0.2) is 0 Å². The van der Waals surface area contributed by atoms with Gasteiger partial charge in [0.1, 0.15) is 0 Å². The van der Waals surface area contributed by atoms with Crippen LogP contribution in [-0.2, 0) is 20.0 Å². The highest BCUT2D eigenvalue weighted by molar-refractivity contribution is 7.07. The number of nitrogen functional groups attached to an aromatic ring is 1. The molecule has 0 spiro atoms. The molecule has 0 unspecified atom stereocenters. The number of anilines is 2. The topological polar surface area (TPSA) is 47.1 Å². The van der Waals surface area contributed by atoms with Crippen molar-refractivity contribution < 1.29 is 0 Å². The molecule has 2 aromatic heterocycles. The lowest BCUT2D eigenvalue weighted by Gasteiger charge is -2.24. The summed E-state index contributed by atoms with van der Waals surface area (Å²) in [6, 6.07) is 2.81. The third kappa shape index (κ3) is 2.34. The van der Waals surface area contributed by atoms with E-state index >= 15 is 0 Å². The van der Waals surface area contributed by atoms with Gasteiger partial charge < -0.3 is 10.6 Å². The van der Waals surface area contributed by atoms with Gasteiger partial charge in [-0.05, 0) is 41.7 Å². The molecule has 5 heteroatoms. The normalized spacial score (nSPS) is 14.8. The summed E-state index contributed by atoms with van der Waals surface area (Å²) < 4.78 is 1.94. The minimum Gasteiger partial charge on any atom is -0.394 e. The summed E-state index contributed by atoms with van der Waals surface area (Å²) in [5, 5.41) is 8.88. The number of hydrogen-bond donors (Lipinski definition) is 1. The average molecular weight is 276 g/mol. The predicted octanol–water partition coefficient (Wildman–Crippen LogP) is 2.80. The first-order valence-corrected chi connectivity index (χ1v) is 7.74. The Morgan fingerprint density at radius 3 is 2.84 bits per heavy atom. The van der Waals surface area contributed by atoms with Crippen LogP contribution in [0.3, 0.4) is 0 Å². The van der Waals surface area contributed by atoms with Crippen LogP contribution < -0.4 is 10.6 Å². The third-order valence-corrected chi connectivity index (χ3v) is 4.39. The van der Waals surface area contributed by atoms with Crippen molar-refractivity contribution in [2.45, 2.75) is 38.8 Å². The van der Waals surface area contributed by atoms with Gasteiger partial charge in [0.05, 0.1) is 11.4 Å². The molecule has 0 amide bonds. The first kappa shape index (κ1) is 12.5. The first-order chi connectivity index (χ1) is 9.20. The number of nitrogens with two attached hydrogens (primary N) is 1. The van der Waals surface area contributed by atoms with Crippen molar-refractivity contribution in [2.75, 3.05) is 10.6 Å². The molecule has 0 radical (unpaired) electrons. The van der Waals surface area contributed by atoms with E-state index < -0.39 is 0 Å². The molecule has 1 saturated carbocycles. The fourth-order valence-electron chi connectivity index (χ4n) is 2.53. The zero-order valence-corrected chi connectivity index (χ0v) is 12.3. The van der Waals surface area contributed by atoms with E-state index in [1.807, 2.05) is 11.7 Å². The number of nitrogens with zero attached hydrogens (tertiary/aromatic N) is 3. The molecular formula is C14H20N4S. The Morgan fingerprint density at radius 2 is 2.32 bits per heavy atom. The highest BCUT2D eigenvalue weighted by atomic mass is 32.1. The first-order valence-electron chi connectivity index (χ1n) is 6.79. The molecule has 0 saturated heterocycles. The number of thiophene rings is 1. The molecule has 2 N–H and O–H groups in total. The maximum Gasteiger partial charge on any atom is 0.150 e. The summed E-state index contributed by atoms with van der Waals surface area (Å²) in [5.74, 6) is 1.09. The van der Waals surface area contributed by atoms with Crippen LogP contribution in [0.1, 0.15) is 31.0 Å². The largest absolute Gasteiger partial charge is 0.394 e. The van der Waals surface area contributed by atoms with E-state index in [1.54, 1.807) is 11.3 Å². The molecule has 1 aliphatic rings. The monoisotopic (exact) mass is 276 g/mol. The van der Waals surface area contributed by atoms with Crippen LogP contribution in [0, 0.1) is 0 Å². The smallest absolute Gasteiger partial charge is 0.150 e. The van der Waals surface area contributed by atoms with Gasteiger partial charge in [-0.2, -0.15) is 16.4 Å². The van der Waals surface area contributed by atoms with Gasteiger partial charge in [-0.1, -0.05) is 6.92 Å². The Balaban J connectivity index is 1.94. The molecule has 19 heavy (non-hydrogen) atoms. The number of hydrogen-bond acceptors (Lipinski definition) is 4. The number of aromatic nitrogens is 2. The molecule has 102 valence electrons. The zero-order valence-electron chi connectivity index (χ0n) is 11.5. The number of aryl methyl sites for hydroxylation is 2. The third-order valence-electron chi connectivity index (χ3n) is 3.66. The molecule has 2 heterocycles. The van der Waals surface area contributed by atoms with Crippen LogP contribution in [0.2, 0.25) is 0 Å². The molecule has 0 atom stereocenters.